The van der Waals surface area contributed by atoms with Crippen molar-refractivity contribution >= 4 is 46.8 Å². The highest BCUT2D eigenvalue weighted by molar-refractivity contribution is 7.98. The second kappa shape index (κ2) is 11.0. The van der Waals surface area contributed by atoms with Gasteiger partial charge in [0.1, 0.15) is 6.04 Å². The number of rotatable bonds is 8. The maximum absolute atomic E-state index is 12.9. The van der Waals surface area contributed by atoms with Crippen LogP contribution in [0.25, 0.3) is 0 Å². The zero-order valence-corrected chi connectivity index (χ0v) is 19.1. The molecule has 0 radical (unpaired) electrons. The minimum atomic E-state index is -0.714. The Morgan fingerprint density at radius 1 is 1.13 bits per heavy atom. The van der Waals surface area contributed by atoms with E-state index in [2.05, 4.69) is 10.6 Å². The fraction of sp³-hybridized carbons (Fsp3) is 0.318. The molecule has 1 atom stereocenters. The average molecular weight is 448 g/mol. The number of hydrogen-bond acceptors (Lipinski definition) is 4. The number of hydrogen-bond donors (Lipinski definition) is 2. The Hall–Kier alpha value is -2.51. The van der Waals surface area contributed by atoms with E-state index in [9.17, 15) is 14.4 Å². The fourth-order valence-corrected chi connectivity index (χ4v) is 3.44. The molecule has 2 rings (SSSR count). The summed E-state index contributed by atoms with van der Waals surface area (Å²) in [4.78, 5) is 39.2. The van der Waals surface area contributed by atoms with E-state index in [4.69, 9.17) is 11.6 Å². The summed E-state index contributed by atoms with van der Waals surface area (Å²) in [5.74, 6) is -0.213. The Morgan fingerprint density at radius 2 is 1.87 bits per heavy atom. The molecule has 3 amide bonds. The topological polar surface area (TPSA) is 78.5 Å². The number of benzene rings is 2. The molecular weight excluding hydrogens is 422 g/mol. The van der Waals surface area contributed by atoms with E-state index in [1.54, 1.807) is 56.2 Å². The van der Waals surface area contributed by atoms with Crippen LogP contribution < -0.4 is 10.6 Å². The van der Waals surface area contributed by atoms with Gasteiger partial charge in [-0.2, -0.15) is 11.8 Å². The van der Waals surface area contributed by atoms with Crippen molar-refractivity contribution in [1.82, 2.24) is 10.2 Å². The van der Waals surface area contributed by atoms with E-state index < -0.39 is 6.04 Å². The zero-order chi connectivity index (χ0) is 22.3. The predicted octanol–water partition coefficient (Wildman–Crippen LogP) is 3.84. The van der Waals surface area contributed by atoms with Crippen molar-refractivity contribution in [1.29, 1.82) is 0 Å². The largest absolute Gasteiger partial charge is 0.345 e. The summed E-state index contributed by atoms with van der Waals surface area (Å²) in [7, 11) is 3.26. The van der Waals surface area contributed by atoms with E-state index >= 15 is 0 Å². The van der Waals surface area contributed by atoms with Crippen molar-refractivity contribution in [3.63, 3.8) is 0 Å². The van der Waals surface area contributed by atoms with Gasteiger partial charge in [0.25, 0.3) is 11.8 Å². The van der Waals surface area contributed by atoms with Crippen molar-refractivity contribution in [2.45, 2.75) is 19.4 Å². The molecule has 2 aromatic carbocycles. The normalized spacial score (nSPS) is 11.5. The standard InChI is InChI=1S/C22H26ClN3O3S/c1-14-6-5-7-15(12-14)20(27)25-19(10-11-30-4)21(28)24-16-8-9-18(23)17(13-16)22(29)26(2)3/h5-9,12-13,19H,10-11H2,1-4H3,(H,24,28)(H,25,27). The molecule has 0 spiro atoms. The van der Waals surface area contributed by atoms with Gasteiger partial charge in [0.05, 0.1) is 10.6 Å². The molecule has 0 aliphatic rings. The summed E-state index contributed by atoms with van der Waals surface area (Å²) >= 11 is 7.72. The molecule has 2 N–H and O–H groups in total. The van der Waals surface area contributed by atoms with Crippen LogP contribution in [0.4, 0.5) is 5.69 Å². The number of thioether (sulfide) groups is 1. The second-order valence-electron chi connectivity index (χ2n) is 7.06. The first-order valence-corrected chi connectivity index (χ1v) is 11.2. The minimum absolute atomic E-state index is 0.261. The summed E-state index contributed by atoms with van der Waals surface area (Å²) in [6.07, 6.45) is 2.41. The van der Waals surface area contributed by atoms with Crippen LogP contribution in [0.1, 0.15) is 32.7 Å². The lowest BCUT2D eigenvalue weighted by molar-refractivity contribution is -0.118. The number of carbonyl (C=O) groups is 3. The Morgan fingerprint density at radius 3 is 2.50 bits per heavy atom. The molecule has 0 fully saturated rings. The highest BCUT2D eigenvalue weighted by Gasteiger charge is 2.22. The number of aryl methyl sites for hydroxylation is 1. The molecule has 6 nitrogen and oxygen atoms in total. The van der Waals surface area contributed by atoms with Crippen LogP contribution in [-0.4, -0.2) is 54.8 Å². The molecule has 0 aliphatic carbocycles. The monoisotopic (exact) mass is 447 g/mol. The molecule has 0 aliphatic heterocycles. The van der Waals surface area contributed by atoms with Crippen LogP contribution in [-0.2, 0) is 4.79 Å². The third-order valence-corrected chi connectivity index (χ3v) is 5.36. The lowest BCUT2D eigenvalue weighted by Gasteiger charge is -2.19. The molecule has 30 heavy (non-hydrogen) atoms. The van der Waals surface area contributed by atoms with Crippen molar-refractivity contribution < 1.29 is 14.4 Å². The van der Waals surface area contributed by atoms with Crippen molar-refractivity contribution in [2.24, 2.45) is 0 Å². The average Bonchev–Trinajstić information content (AvgIpc) is 2.71. The van der Waals surface area contributed by atoms with E-state index in [0.29, 0.717) is 34.0 Å². The second-order valence-corrected chi connectivity index (χ2v) is 8.45. The van der Waals surface area contributed by atoms with Gasteiger partial charge >= 0.3 is 0 Å². The molecular formula is C22H26ClN3O3S. The van der Waals surface area contributed by atoms with Gasteiger partial charge in [0, 0.05) is 25.3 Å². The van der Waals surface area contributed by atoms with Crippen LogP contribution >= 0.6 is 23.4 Å². The van der Waals surface area contributed by atoms with E-state index in [1.165, 1.54) is 11.0 Å². The van der Waals surface area contributed by atoms with Gasteiger partial charge in [-0.25, -0.2) is 0 Å². The molecule has 0 heterocycles. The Balaban J connectivity index is 2.18. The van der Waals surface area contributed by atoms with E-state index in [-0.39, 0.29) is 17.7 Å². The number of nitrogens with one attached hydrogen (secondary N) is 2. The van der Waals surface area contributed by atoms with Gasteiger partial charge in [-0.1, -0.05) is 29.3 Å². The molecule has 0 aromatic heterocycles. The molecule has 160 valence electrons. The molecule has 1 unspecified atom stereocenters. The van der Waals surface area contributed by atoms with Crippen LogP contribution in [0.5, 0.6) is 0 Å². The van der Waals surface area contributed by atoms with Crippen LogP contribution in [0.15, 0.2) is 42.5 Å². The highest BCUT2D eigenvalue weighted by atomic mass is 35.5. The summed E-state index contributed by atoms with van der Waals surface area (Å²) < 4.78 is 0. The Labute approximate surface area is 186 Å². The Kier molecular flexibility index (Phi) is 8.74. The van der Waals surface area contributed by atoms with Gasteiger partial charge in [-0.3, -0.25) is 14.4 Å². The maximum Gasteiger partial charge on any atom is 0.254 e. The quantitative estimate of drug-likeness (QED) is 0.644. The number of anilines is 1. The molecule has 2 aromatic rings. The lowest BCUT2D eigenvalue weighted by atomic mass is 10.1. The summed E-state index contributed by atoms with van der Waals surface area (Å²) in [6, 6.07) is 11.2. The van der Waals surface area contributed by atoms with Crippen LogP contribution in [0.3, 0.4) is 0 Å². The number of halogens is 1. The minimum Gasteiger partial charge on any atom is -0.345 e. The maximum atomic E-state index is 12.9. The number of nitrogens with zero attached hydrogens (tertiary/aromatic N) is 1. The first-order chi connectivity index (χ1) is 14.2. The SMILES string of the molecule is CSCCC(NC(=O)c1cccc(C)c1)C(=O)Nc1ccc(Cl)c(C(=O)N(C)C)c1. The predicted molar refractivity (Wildman–Crippen MR) is 124 cm³/mol. The van der Waals surface area contributed by atoms with E-state index in [1.807, 2.05) is 19.2 Å². The van der Waals surface area contributed by atoms with Gasteiger partial charge < -0.3 is 15.5 Å². The molecule has 0 saturated carbocycles. The van der Waals surface area contributed by atoms with Crippen molar-refractivity contribution in [3.05, 3.63) is 64.2 Å². The van der Waals surface area contributed by atoms with Crippen LogP contribution in [0.2, 0.25) is 5.02 Å². The summed E-state index contributed by atoms with van der Waals surface area (Å²) in [5.41, 5.74) is 2.20. The van der Waals surface area contributed by atoms with Crippen molar-refractivity contribution in [3.8, 4) is 0 Å². The number of amides is 3. The lowest BCUT2D eigenvalue weighted by Crippen LogP contribution is -2.44. The van der Waals surface area contributed by atoms with Crippen LogP contribution in [0, 0.1) is 6.92 Å². The smallest absolute Gasteiger partial charge is 0.254 e. The van der Waals surface area contributed by atoms with Gasteiger partial charge in [-0.05, 0) is 55.7 Å². The summed E-state index contributed by atoms with van der Waals surface area (Å²) in [5, 5.41) is 5.91. The Bertz CT molecular complexity index is 934. The van der Waals surface area contributed by atoms with Crippen molar-refractivity contribution in [2.75, 3.05) is 31.4 Å². The molecule has 0 bridgehead atoms. The third-order valence-electron chi connectivity index (χ3n) is 4.38. The summed E-state index contributed by atoms with van der Waals surface area (Å²) in [6.45, 7) is 1.90. The first-order valence-electron chi connectivity index (χ1n) is 9.41. The highest BCUT2D eigenvalue weighted by Crippen LogP contribution is 2.22. The van der Waals surface area contributed by atoms with Gasteiger partial charge in [0.15, 0.2) is 0 Å². The van der Waals surface area contributed by atoms with Gasteiger partial charge in [0.2, 0.25) is 5.91 Å². The number of carbonyl (C=O) groups excluding carboxylic acids is 3. The van der Waals surface area contributed by atoms with Gasteiger partial charge in [-0.15, -0.1) is 0 Å². The first kappa shape index (κ1) is 23.8. The van der Waals surface area contributed by atoms with E-state index in [0.717, 1.165) is 5.56 Å². The molecule has 8 heteroatoms. The zero-order valence-electron chi connectivity index (χ0n) is 17.5. The fourth-order valence-electron chi connectivity index (χ4n) is 2.77. The third kappa shape index (κ3) is 6.50. The molecule has 0 saturated heterocycles.